The van der Waals surface area contributed by atoms with Gasteiger partial charge in [0.15, 0.2) is 0 Å². The van der Waals surface area contributed by atoms with Crippen LogP contribution in [0, 0.1) is 16.0 Å². The monoisotopic (exact) mass is 363 g/mol. The molecule has 0 bridgehead atoms. The van der Waals surface area contributed by atoms with Gasteiger partial charge in [-0.25, -0.2) is 4.98 Å². The molecule has 1 aromatic rings. The van der Waals surface area contributed by atoms with Gasteiger partial charge in [-0.2, -0.15) is 4.98 Å². The molecule has 1 aliphatic carbocycles. The third kappa shape index (κ3) is 4.18. The Morgan fingerprint density at radius 1 is 1.27 bits per heavy atom. The van der Waals surface area contributed by atoms with E-state index in [0.717, 1.165) is 45.2 Å². The van der Waals surface area contributed by atoms with Gasteiger partial charge in [-0.3, -0.25) is 14.9 Å². The number of nitrogens with zero attached hydrogens (tertiary/aromatic N) is 4. The highest BCUT2D eigenvalue weighted by atomic mass is 16.6. The topological polar surface area (TPSA) is 153 Å². The summed E-state index contributed by atoms with van der Waals surface area (Å²) in [6.45, 7) is 1.58. The molecule has 26 heavy (non-hydrogen) atoms. The van der Waals surface area contributed by atoms with Crippen LogP contribution < -0.4 is 16.8 Å². The van der Waals surface area contributed by atoms with Gasteiger partial charge in [0.1, 0.15) is 5.69 Å². The maximum absolute atomic E-state index is 11.9. The number of carbonyl (C=O) groups excluding carboxylic acids is 1. The zero-order chi connectivity index (χ0) is 18.7. The summed E-state index contributed by atoms with van der Waals surface area (Å²) in [5.41, 5.74) is 11.8. The average molecular weight is 363 g/mol. The molecule has 3 rings (SSSR count). The van der Waals surface area contributed by atoms with Gasteiger partial charge < -0.3 is 21.7 Å². The number of anilines is 2. The van der Waals surface area contributed by atoms with Crippen LogP contribution in [0.15, 0.2) is 0 Å². The molecule has 0 radical (unpaired) electrons. The largest absolute Gasteiger partial charge is 0.378 e. The quantitative estimate of drug-likeness (QED) is 0.492. The second kappa shape index (κ2) is 7.81. The summed E-state index contributed by atoms with van der Waals surface area (Å²) in [5.74, 6) is 0.230. The number of aromatic nitrogens is 2. The zero-order valence-corrected chi connectivity index (χ0v) is 14.7. The molecule has 1 saturated carbocycles. The molecule has 10 heteroatoms. The fourth-order valence-corrected chi connectivity index (χ4v) is 3.44. The van der Waals surface area contributed by atoms with E-state index >= 15 is 0 Å². The molecule has 2 heterocycles. The van der Waals surface area contributed by atoms with Crippen molar-refractivity contribution in [2.45, 2.75) is 44.6 Å². The molecule has 1 saturated heterocycles. The summed E-state index contributed by atoms with van der Waals surface area (Å²) >= 11 is 0. The highest BCUT2D eigenvalue weighted by molar-refractivity contribution is 5.81. The third-order valence-corrected chi connectivity index (χ3v) is 5.15. The molecule has 5 N–H and O–H groups in total. The number of nitrogen functional groups attached to an aromatic ring is 1. The summed E-state index contributed by atoms with van der Waals surface area (Å²) in [4.78, 5) is 32.8. The normalized spacial score (nSPS) is 22.6. The van der Waals surface area contributed by atoms with Crippen LogP contribution in [0.2, 0.25) is 0 Å². The van der Waals surface area contributed by atoms with Gasteiger partial charge in [0.2, 0.25) is 17.7 Å². The van der Waals surface area contributed by atoms with Crippen molar-refractivity contribution >= 4 is 23.4 Å². The van der Waals surface area contributed by atoms with E-state index in [1.54, 1.807) is 4.90 Å². The van der Waals surface area contributed by atoms with Gasteiger partial charge in [-0.1, -0.05) is 0 Å². The lowest BCUT2D eigenvalue weighted by Gasteiger charge is -2.30. The number of nitrogens with two attached hydrogens (primary N) is 2. The number of hydrogen-bond acceptors (Lipinski definition) is 8. The maximum Gasteiger partial charge on any atom is 0.332 e. The molecule has 1 aliphatic heterocycles. The molecular weight excluding hydrogens is 338 g/mol. The van der Waals surface area contributed by atoms with Crippen molar-refractivity contribution in [3.05, 3.63) is 15.8 Å². The SMILES string of the molecule is Nc1nc(NCC(=O)N2CCC2)nc(C[C@H]2CC[C@H](N)CC2)c1[N+](=O)[O-]. The summed E-state index contributed by atoms with van der Waals surface area (Å²) < 4.78 is 0. The van der Waals surface area contributed by atoms with Crippen molar-refractivity contribution in [3.63, 3.8) is 0 Å². The van der Waals surface area contributed by atoms with Crippen LogP contribution in [0.1, 0.15) is 37.8 Å². The molecule has 2 aliphatic rings. The Balaban J connectivity index is 1.73. The number of hydrogen-bond donors (Lipinski definition) is 3. The number of likely N-dealkylation sites (tertiary alicyclic amines) is 1. The lowest BCUT2D eigenvalue weighted by molar-refractivity contribution is -0.385. The molecule has 0 atom stereocenters. The van der Waals surface area contributed by atoms with Crippen molar-refractivity contribution < 1.29 is 9.72 Å². The van der Waals surface area contributed by atoms with Crippen molar-refractivity contribution in [2.24, 2.45) is 11.7 Å². The van der Waals surface area contributed by atoms with Crippen LogP contribution in [0.25, 0.3) is 0 Å². The molecule has 1 aromatic heterocycles. The van der Waals surface area contributed by atoms with E-state index in [1.807, 2.05) is 0 Å². The Bertz CT molecular complexity index is 685. The molecular formula is C16H25N7O3. The fraction of sp³-hybridized carbons (Fsp3) is 0.688. The van der Waals surface area contributed by atoms with E-state index in [-0.39, 0.29) is 35.9 Å². The van der Waals surface area contributed by atoms with E-state index in [0.29, 0.717) is 18.0 Å². The zero-order valence-electron chi connectivity index (χ0n) is 14.7. The van der Waals surface area contributed by atoms with E-state index in [2.05, 4.69) is 15.3 Å². The number of amides is 1. The van der Waals surface area contributed by atoms with Crippen LogP contribution in [0.4, 0.5) is 17.5 Å². The van der Waals surface area contributed by atoms with Crippen LogP contribution in [-0.2, 0) is 11.2 Å². The first-order valence-electron chi connectivity index (χ1n) is 9.02. The Morgan fingerprint density at radius 2 is 1.96 bits per heavy atom. The minimum atomic E-state index is -0.534. The summed E-state index contributed by atoms with van der Waals surface area (Å²) in [6, 6.07) is 0.210. The first kappa shape index (κ1) is 18.3. The van der Waals surface area contributed by atoms with Crippen LogP contribution >= 0.6 is 0 Å². The van der Waals surface area contributed by atoms with E-state index in [4.69, 9.17) is 11.5 Å². The number of carbonyl (C=O) groups is 1. The summed E-state index contributed by atoms with van der Waals surface area (Å²) in [6.07, 6.45) is 5.13. The highest BCUT2D eigenvalue weighted by Gasteiger charge is 2.28. The van der Waals surface area contributed by atoms with Gasteiger partial charge in [0, 0.05) is 19.1 Å². The van der Waals surface area contributed by atoms with Gasteiger partial charge in [0.25, 0.3) is 0 Å². The Kier molecular flexibility index (Phi) is 5.50. The molecule has 142 valence electrons. The smallest absolute Gasteiger partial charge is 0.332 e. The molecule has 0 spiro atoms. The van der Waals surface area contributed by atoms with E-state index < -0.39 is 4.92 Å². The standard InChI is InChI=1S/C16H25N7O3/c17-11-4-2-10(3-5-11)8-12-14(23(25)26)15(18)21-16(20-12)19-9-13(24)22-6-1-7-22/h10-11H,1-9,17H2,(H3,18,19,20,21)/t10-,11-. The predicted octanol–water partition coefficient (Wildman–Crippen LogP) is 0.671. The maximum atomic E-state index is 11.9. The minimum absolute atomic E-state index is 0.0420. The van der Waals surface area contributed by atoms with Crippen LogP contribution in [0.5, 0.6) is 0 Å². The molecule has 2 fully saturated rings. The second-order valence-electron chi connectivity index (χ2n) is 7.06. The van der Waals surface area contributed by atoms with Crippen LogP contribution in [-0.4, -0.2) is 51.4 Å². The average Bonchev–Trinajstić information content (AvgIpc) is 2.53. The molecule has 0 aromatic carbocycles. The van der Waals surface area contributed by atoms with Gasteiger partial charge in [-0.15, -0.1) is 0 Å². The van der Waals surface area contributed by atoms with Crippen molar-refractivity contribution in [3.8, 4) is 0 Å². The van der Waals surface area contributed by atoms with Gasteiger partial charge >= 0.3 is 5.69 Å². The van der Waals surface area contributed by atoms with Crippen molar-refractivity contribution in [2.75, 3.05) is 30.7 Å². The third-order valence-electron chi connectivity index (χ3n) is 5.15. The minimum Gasteiger partial charge on any atom is -0.378 e. The lowest BCUT2D eigenvalue weighted by Crippen LogP contribution is -2.44. The van der Waals surface area contributed by atoms with E-state index in [1.165, 1.54) is 0 Å². The molecule has 10 nitrogen and oxygen atoms in total. The van der Waals surface area contributed by atoms with Gasteiger partial charge in [0.05, 0.1) is 11.5 Å². The Hall–Kier alpha value is -2.49. The number of rotatable bonds is 6. The molecule has 1 amide bonds. The Labute approximate surface area is 151 Å². The van der Waals surface area contributed by atoms with Crippen molar-refractivity contribution in [1.82, 2.24) is 14.9 Å². The first-order valence-corrected chi connectivity index (χ1v) is 9.02. The van der Waals surface area contributed by atoms with Crippen LogP contribution in [0.3, 0.4) is 0 Å². The number of nitrogens with one attached hydrogen (secondary N) is 1. The number of nitro groups is 1. The molecule has 0 unspecified atom stereocenters. The Morgan fingerprint density at radius 3 is 2.54 bits per heavy atom. The summed E-state index contributed by atoms with van der Waals surface area (Å²) in [5, 5.41) is 14.2. The van der Waals surface area contributed by atoms with Gasteiger partial charge in [-0.05, 0) is 44.4 Å². The predicted molar refractivity (Wildman–Crippen MR) is 96.4 cm³/mol. The lowest BCUT2D eigenvalue weighted by atomic mass is 9.83. The summed E-state index contributed by atoms with van der Waals surface area (Å²) in [7, 11) is 0. The fourth-order valence-electron chi connectivity index (χ4n) is 3.44. The highest BCUT2D eigenvalue weighted by Crippen LogP contribution is 2.31. The van der Waals surface area contributed by atoms with Crippen molar-refractivity contribution in [1.29, 1.82) is 0 Å². The van der Waals surface area contributed by atoms with E-state index in [9.17, 15) is 14.9 Å². The first-order chi connectivity index (χ1) is 12.4. The second-order valence-corrected chi connectivity index (χ2v) is 7.06.